The van der Waals surface area contributed by atoms with E-state index in [1.807, 2.05) is 0 Å². The van der Waals surface area contributed by atoms with E-state index in [-0.39, 0.29) is 0 Å². The minimum absolute atomic E-state index is 0.748. The number of hydrogen-bond donors (Lipinski definition) is 1. The van der Waals surface area contributed by atoms with Gasteiger partial charge in [0.1, 0.15) is 0 Å². The van der Waals surface area contributed by atoms with Gasteiger partial charge in [-0.3, -0.25) is 0 Å². The first-order valence-corrected chi connectivity index (χ1v) is 8.12. The summed E-state index contributed by atoms with van der Waals surface area (Å²) in [5, 5.41) is 4.61. The number of rotatable bonds is 8. The highest BCUT2D eigenvalue weighted by molar-refractivity contribution is 7.99. The van der Waals surface area contributed by atoms with Crippen LogP contribution in [0.3, 0.4) is 0 Å². The Morgan fingerprint density at radius 2 is 1.88 bits per heavy atom. The molecule has 1 saturated carbocycles. The third-order valence-electron chi connectivity index (χ3n) is 3.42. The molecule has 0 aromatic rings. The molecule has 0 amide bonds. The molecule has 0 aromatic heterocycles. The summed E-state index contributed by atoms with van der Waals surface area (Å²) in [4.78, 5) is 0. The van der Waals surface area contributed by atoms with Crippen LogP contribution in [0.1, 0.15) is 59.3 Å². The fourth-order valence-corrected chi connectivity index (χ4v) is 3.83. The maximum absolute atomic E-state index is 3.64. The minimum atomic E-state index is 0.748. The molecule has 16 heavy (non-hydrogen) atoms. The second-order valence-corrected chi connectivity index (χ2v) is 6.80. The van der Waals surface area contributed by atoms with E-state index in [0.29, 0.717) is 0 Å². The van der Waals surface area contributed by atoms with Gasteiger partial charge >= 0.3 is 0 Å². The molecular formula is C14H29NS. The molecule has 1 fully saturated rings. The lowest BCUT2D eigenvalue weighted by Crippen LogP contribution is -2.32. The van der Waals surface area contributed by atoms with Crippen LogP contribution in [0.4, 0.5) is 0 Å². The van der Waals surface area contributed by atoms with Gasteiger partial charge in [0.15, 0.2) is 0 Å². The Morgan fingerprint density at radius 1 is 1.19 bits per heavy atom. The fourth-order valence-electron chi connectivity index (χ4n) is 2.37. The van der Waals surface area contributed by atoms with Gasteiger partial charge in [-0.05, 0) is 38.1 Å². The van der Waals surface area contributed by atoms with Crippen LogP contribution in [0, 0.1) is 5.92 Å². The molecule has 1 rings (SSSR count). The Balaban J connectivity index is 2.15. The summed E-state index contributed by atoms with van der Waals surface area (Å²) in [5.41, 5.74) is 0. The van der Waals surface area contributed by atoms with Crippen molar-refractivity contribution in [2.75, 3.05) is 12.3 Å². The van der Waals surface area contributed by atoms with Crippen LogP contribution in [0.25, 0.3) is 0 Å². The van der Waals surface area contributed by atoms with E-state index in [1.54, 1.807) is 0 Å². The summed E-state index contributed by atoms with van der Waals surface area (Å²) in [7, 11) is 0. The summed E-state index contributed by atoms with van der Waals surface area (Å²) < 4.78 is 0. The van der Waals surface area contributed by atoms with Crippen LogP contribution in [0.15, 0.2) is 0 Å². The van der Waals surface area contributed by atoms with Gasteiger partial charge in [0.2, 0.25) is 0 Å². The Hall–Kier alpha value is 0.310. The summed E-state index contributed by atoms with van der Waals surface area (Å²) in [5.74, 6) is 2.17. The van der Waals surface area contributed by atoms with Crippen molar-refractivity contribution in [2.24, 2.45) is 5.92 Å². The second-order valence-electron chi connectivity index (χ2n) is 5.47. The molecule has 0 spiro atoms. The summed E-state index contributed by atoms with van der Waals surface area (Å²) >= 11 is 2.22. The fraction of sp³-hybridized carbons (Fsp3) is 1.00. The molecule has 0 bridgehead atoms. The molecule has 0 radical (unpaired) electrons. The quantitative estimate of drug-likeness (QED) is 0.689. The van der Waals surface area contributed by atoms with Crippen molar-refractivity contribution < 1.29 is 0 Å². The summed E-state index contributed by atoms with van der Waals surface area (Å²) in [6.07, 6.45) is 8.58. The molecule has 1 aliphatic rings. The average Bonchev–Trinajstić information content (AvgIpc) is 2.75. The maximum atomic E-state index is 3.64. The number of nitrogens with one attached hydrogen (secondary N) is 1. The van der Waals surface area contributed by atoms with Crippen molar-refractivity contribution in [2.45, 2.75) is 70.6 Å². The molecule has 1 atom stereocenters. The van der Waals surface area contributed by atoms with E-state index in [0.717, 1.165) is 23.8 Å². The van der Waals surface area contributed by atoms with E-state index in [4.69, 9.17) is 0 Å². The van der Waals surface area contributed by atoms with Crippen molar-refractivity contribution in [3.63, 3.8) is 0 Å². The lowest BCUT2D eigenvalue weighted by Gasteiger charge is -2.20. The van der Waals surface area contributed by atoms with Crippen LogP contribution >= 0.6 is 11.8 Å². The topological polar surface area (TPSA) is 12.0 Å². The third-order valence-corrected chi connectivity index (χ3v) is 4.96. The molecule has 96 valence electrons. The molecule has 0 aliphatic heterocycles. The first kappa shape index (κ1) is 14.4. The maximum Gasteiger partial charge on any atom is 0.0158 e. The normalized spacial score (nSPS) is 19.5. The van der Waals surface area contributed by atoms with Gasteiger partial charge in [-0.2, -0.15) is 11.8 Å². The van der Waals surface area contributed by atoms with Crippen LogP contribution < -0.4 is 5.32 Å². The highest BCUT2D eigenvalue weighted by Crippen LogP contribution is 2.30. The molecule has 0 saturated heterocycles. The SMILES string of the molecule is CCNC(CCC(C)C)CSC1CCCC1. The van der Waals surface area contributed by atoms with Gasteiger partial charge in [-0.1, -0.05) is 33.6 Å². The van der Waals surface area contributed by atoms with Crippen LogP contribution in [-0.4, -0.2) is 23.6 Å². The largest absolute Gasteiger partial charge is 0.313 e. The van der Waals surface area contributed by atoms with Crippen LogP contribution in [0.2, 0.25) is 0 Å². The van der Waals surface area contributed by atoms with Gasteiger partial charge in [0.25, 0.3) is 0 Å². The zero-order chi connectivity index (χ0) is 11.8. The van der Waals surface area contributed by atoms with Crippen molar-refractivity contribution >= 4 is 11.8 Å². The monoisotopic (exact) mass is 243 g/mol. The van der Waals surface area contributed by atoms with Gasteiger partial charge in [-0.15, -0.1) is 0 Å². The lowest BCUT2D eigenvalue weighted by atomic mass is 10.0. The van der Waals surface area contributed by atoms with E-state index >= 15 is 0 Å². The molecule has 1 unspecified atom stereocenters. The smallest absolute Gasteiger partial charge is 0.0158 e. The van der Waals surface area contributed by atoms with Crippen molar-refractivity contribution in [1.29, 1.82) is 0 Å². The third kappa shape index (κ3) is 6.15. The van der Waals surface area contributed by atoms with E-state index in [9.17, 15) is 0 Å². The lowest BCUT2D eigenvalue weighted by molar-refractivity contribution is 0.463. The van der Waals surface area contributed by atoms with Crippen LogP contribution in [0.5, 0.6) is 0 Å². The molecule has 1 N–H and O–H groups in total. The van der Waals surface area contributed by atoms with E-state index in [2.05, 4.69) is 37.8 Å². The van der Waals surface area contributed by atoms with Crippen LogP contribution in [-0.2, 0) is 0 Å². The van der Waals surface area contributed by atoms with E-state index in [1.165, 1.54) is 44.3 Å². The van der Waals surface area contributed by atoms with Gasteiger partial charge < -0.3 is 5.32 Å². The van der Waals surface area contributed by atoms with E-state index < -0.39 is 0 Å². The Bertz CT molecular complexity index is 164. The minimum Gasteiger partial charge on any atom is -0.313 e. The van der Waals surface area contributed by atoms with Crippen molar-refractivity contribution in [3.05, 3.63) is 0 Å². The highest BCUT2D eigenvalue weighted by atomic mass is 32.2. The standard InChI is InChI=1S/C14H29NS/c1-4-15-13(10-9-12(2)3)11-16-14-7-5-6-8-14/h12-15H,4-11H2,1-3H3. The first-order chi connectivity index (χ1) is 7.72. The predicted molar refractivity (Wildman–Crippen MR) is 76.3 cm³/mol. The predicted octanol–water partition coefficient (Wildman–Crippen LogP) is 4.08. The Morgan fingerprint density at radius 3 is 2.44 bits per heavy atom. The second kappa shape index (κ2) is 8.41. The molecular weight excluding hydrogens is 214 g/mol. The van der Waals surface area contributed by atoms with Crippen molar-refractivity contribution in [3.8, 4) is 0 Å². The molecule has 2 heteroatoms. The summed E-state index contributed by atoms with van der Waals surface area (Å²) in [6, 6.07) is 0.748. The van der Waals surface area contributed by atoms with Gasteiger partial charge in [0, 0.05) is 17.0 Å². The average molecular weight is 243 g/mol. The first-order valence-electron chi connectivity index (χ1n) is 7.07. The van der Waals surface area contributed by atoms with Crippen molar-refractivity contribution in [1.82, 2.24) is 5.32 Å². The molecule has 1 aliphatic carbocycles. The number of thioether (sulfide) groups is 1. The zero-order valence-corrected chi connectivity index (χ0v) is 12.1. The zero-order valence-electron chi connectivity index (χ0n) is 11.3. The molecule has 1 nitrogen and oxygen atoms in total. The summed E-state index contributed by atoms with van der Waals surface area (Å²) in [6.45, 7) is 8.00. The van der Waals surface area contributed by atoms with Gasteiger partial charge in [-0.25, -0.2) is 0 Å². The Labute approximate surface area is 106 Å². The highest BCUT2D eigenvalue weighted by Gasteiger charge is 2.17. The number of hydrogen-bond acceptors (Lipinski definition) is 2. The molecule has 0 aromatic carbocycles. The molecule has 0 heterocycles. The van der Waals surface area contributed by atoms with Gasteiger partial charge in [0.05, 0.1) is 0 Å². The Kier molecular flexibility index (Phi) is 7.55.